The maximum absolute atomic E-state index is 12.6. The molecule has 27 heavy (non-hydrogen) atoms. The highest BCUT2D eigenvalue weighted by atomic mass is 16.5. The number of carbonyl (C=O) groups is 3. The van der Waals surface area contributed by atoms with Gasteiger partial charge in [0.15, 0.2) is 0 Å². The lowest BCUT2D eigenvalue weighted by Gasteiger charge is -2.34. The monoisotopic (exact) mass is 369 g/mol. The van der Waals surface area contributed by atoms with Crippen molar-refractivity contribution in [3.63, 3.8) is 0 Å². The molecular weight excluding hydrogens is 350 g/mol. The van der Waals surface area contributed by atoms with Crippen molar-refractivity contribution in [2.24, 2.45) is 0 Å². The van der Waals surface area contributed by atoms with E-state index in [4.69, 9.17) is 9.84 Å². The van der Waals surface area contributed by atoms with Crippen LogP contribution in [0.2, 0.25) is 0 Å². The van der Waals surface area contributed by atoms with Crippen LogP contribution in [0.15, 0.2) is 42.5 Å². The minimum absolute atomic E-state index is 0.0856. The Hall–Kier alpha value is -3.42. The number of carboxylic acids is 1. The second-order valence-electron chi connectivity index (χ2n) is 6.03. The molecule has 8 heteroatoms. The van der Waals surface area contributed by atoms with Crippen molar-refractivity contribution in [1.82, 2.24) is 14.8 Å². The molecule has 8 nitrogen and oxygen atoms in total. The first-order valence-electron chi connectivity index (χ1n) is 8.42. The SMILES string of the molecule is COc1cccc(C(=O)N2CCN(C(=O)c3cccc(C(=O)O)n3)CC2)c1. The minimum atomic E-state index is -1.18. The molecule has 1 aromatic heterocycles. The van der Waals surface area contributed by atoms with Crippen molar-refractivity contribution in [3.05, 3.63) is 59.4 Å². The Morgan fingerprint density at radius 1 is 0.926 bits per heavy atom. The molecule has 2 aromatic rings. The van der Waals surface area contributed by atoms with E-state index in [1.807, 2.05) is 0 Å². The molecule has 0 atom stereocenters. The molecule has 0 unspecified atom stereocenters. The summed E-state index contributed by atoms with van der Waals surface area (Å²) in [6.07, 6.45) is 0. The number of carbonyl (C=O) groups excluding carboxylic acids is 2. The molecule has 2 amide bonds. The maximum atomic E-state index is 12.6. The van der Waals surface area contributed by atoms with E-state index in [2.05, 4.69) is 4.98 Å². The van der Waals surface area contributed by atoms with Gasteiger partial charge in [0.25, 0.3) is 11.8 Å². The average molecular weight is 369 g/mol. The summed E-state index contributed by atoms with van der Waals surface area (Å²) in [5, 5.41) is 9.00. The number of ether oxygens (including phenoxy) is 1. The number of aromatic nitrogens is 1. The highest BCUT2D eigenvalue weighted by Crippen LogP contribution is 2.16. The first-order valence-corrected chi connectivity index (χ1v) is 8.42. The van der Waals surface area contributed by atoms with Gasteiger partial charge in [-0.2, -0.15) is 0 Å². The van der Waals surface area contributed by atoms with Gasteiger partial charge in [-0.05, 0) is 30.3 Å². The summed E-state index contributed by atoms with van der Waals surface area (Å²) in [4.78, 5) is 43.3. The fraction of sp³-hybridized carbons (Fsp3) is 0.263. The van der Waals surface area contributed by atoms with Crippen molar-refractivity contribution in [1.29, 1.82) is 0 Å². The number of hydrogen-bond acceptors (Lipinski definition) is 5. The van der Waals surface area contributed by atoms with E-state index < -0.39 is 5.97 Å². The number of carboxylic acid groups (broad SMARTS) is 1. The first-order chi connectivity index (χ1) is 13.0. The van der Waals surface area contributed by atoms with Gasteiger partial charge in [-0.15, -0.1) is 0 Å². The first kappa shape index (κ1) is 18.4. The third kappa shape index (κ3) is 4.05. The zero-order chi connectivity index (χ0) is 19.4. The van der Waals surface area contributed by atoms with Gasteiger partial charge >= 0.3 is 5.97 Å². The third-order valence-corrected chi connectivity index (χ3v) is 4.36. The van der Waals surface area contributed by atoms with Crippen molar-refractivity contribution < 1.29 is 24.2 Å². The number of piperazine rings is 1. The number of hydrogen-bond donors (Lipinski definition) is 1. The zero-order valence-electron chi connectivity index (χ0n) is 14.8. The van der Waals surface area contributed by atoms with Crippen molar-refractivity contribution in [2.75, 3.05) is 33.3 Å². The fourth-order valence-corrected chi connectivity index (χ4v) is 2.89. The summed E-state index contributed by atoms with van der Waals surface area (Å²) in [7, 11) is 1.54. The molecule has 2 heterocycles. The van der Waals surface area contributed by atoms with Crippen LogP contribution in [-0.4, -0.2) is 71.0 Å². The van der Waals surface area contributed by atoms with E-state index in [-0.39, 0.29) is 23.2 Å². The van der Waals surface area contributed by atoms with E-state index >= 15 is 0 Å². The number of amides is 2. The summed E-state index contributed by atoms with van der Waals surface area (Å²) in [6.45, 7) is 1.49. The van der Waals surface area contributed by atoms with Crippen LogP contribution in [0.1, 0.15) is 31.3 Å². The Kier molecular flexibility index (Phi) is 5.35. The van der Waals surface area contributed by atoms with Gasteiger partial charge in [-0.1, -0.05) is 12.1 Å². The maximum Gasteiger partial charge on any atom is 0.354 e. The van der Waals surface area contributed by atoms with E-state index in [1.54, 1.807) is 41.2 Å². The number of methoxy groups -OCH3 is 1. The van der Waals surface area contributed by atoms with Gasteiger partial charge in [0.05, 0.1) is 7.11 Å². The lowest BCUT2D eigenvalue weighted by molar-refractivity contribution is 0.0531. The van der Waals surface area contributed by atoms with Crippen LogP contribution >= 0.6 is 0 Å². The van der Waals surface area contributed by atoms with Crippen LogP contribution in [0.4, 0.5) is 0 Å². The molecule has 0 aliphatic carbocycles. The molecule has 140 valence electrons. The molecule has 0 radical (unpaired) electrons. The topological polar surface area (TPSA) is 100 Å². The number of pyridine rings is 1. The lowest BCUT2D eigenvalue weighted by atomic mass is 10.1. The van der Waals surface area contributed by atoms with Crippen LogP contribution in [0, 0.1) is 0 Å². The minimum Gasteiger partial charge on any atom is -0.497 e. The average Bonchev–Trinajstić information content (AvgIpc) is 2.73. The number of benzene rings is 1. The van der Waals surface area contributed by atoms with Crippen molar-refractivity contribution >= 4 is 17.8 Å². The molecule has 1 aliphatic rings. The molecule has 3 rings (SSSR count). The molecular formula is C19H19N3O5. The van der Waals surface area contributed by atoms with E-state index in [0.29, 0.717) is 37.5 Å². The summed E-state index contributed by atoms with van der Waals surface area (Å²) in [6, 6.07) is 11.3. The van der Waals surface area contributed by atoms with Crippen LogP contribution in [-0.2, 0) is 0 Å². The predicted molar refractivity (Wildman–Crippen MR) is 96.0 cm³/mol. The molecule has 1 aromatic carbocycles. The van der Waals surface area contributed by atoms with Crippen LogP contribution in [0.5, 0.6) is 5.75 Å². The summed E-state index contributed by atoms with van der Waals surface area (Å²) >= 11 is 0. The Balaban J connectivity index is 1.64. The summed E-state index contributed by atoms with van der Waals surface area (Å²) < 4.78 is 5.14. The second kappa shape index (κ2) is 7.86. The van der Waals surface area contributed by atoms with E-state index in [1.165, 1.54) is 18.2 Å². The Bertz CT molecular complexity index is 875. The van der Waals surface area contributed by atoms with Gasteiger partial charge < -0.3 is 19.6 Å². The largest absolute Gasteiger partial charge is 0.497 e. The van der Waals surface area contributed by atoms with Gasteiger partial charge in [-0.3, -0.25) is 9.59 Å². The summed E-state index contributed by atoms with van der Waals surface area (Å²) in [5.74, 6) is -1.03. The van der Waals surface area contributed by atoms with E-state index in [9.17, 15) is 14.4 Å². The molecule has 1 aliphatic heterocycles. The van der Waals surface area contributed by atoms with Crippen LogP contribution < -0.4 is 4.74 Å². The number of nitrogens with zero attached hydrogens (tertiary/aromatic N) is 3. The van der Waals surface area contributed by atoms with Crippen molar-refractivity contribution in [2.45, 2.75) is 0 Å². The highest BCUT2D eigenvalue weighted by Gasteiger charge is 2.26. The summed E-state index contributed by atoms with van der Waals surface area (Å²) in [5.41, 5.74) is 0.445. The Morgan fingerprint density at radius 3 is 2.15 bits per heavy atom. The van der Waals surface area contributed by atoms with Crippen molar-refractivity contribution in [3.8, 4) is 5.75 Å². The second-order valence-corrected chi connectivity index (χ2v) is 6.03. The molecule has 1 fully saturated rings. The Labute approximate surface area is 156 Å². The van der Waals surface area contributed by atoms with Crippen LogP contribution in [0.25, 0.3) is 0 Å². The fourth-order valence-electron chi connectivity index (χ4n) is 2.89. The van der Waals surface area contributed by atoms with Crippen LogP contribution in [0.3, 0.4) is 0 Å². The van der Waals surface area contributed by atoms with Gasteiger partial charge in [0.2, 0.25) is 0 Å². The number of aromatic carboxylic acids is 1. The van der Waals surface area contributed by atoms with Gasteiger partial charge in [0, 0.05) is 31.7 Å². The smallest absolute Gasteiger partial charge is 0.354 e. The molecule has 0 spiro atoms. The molecule has 1 saturated heterocycles. The lowest BCUT2D eigenvalue weighted by Crippen LogP contribution is -2.50. The Morgan fingerprint density at radius 2 is 1.52 bits per heavy atom. The van der Waals surface area contributed by atoms with E-state index in [0.717, 1.165) is 0 Å². The molecule has 0 saturated carbocycles. The molecule has 1 N–H and O–H groups in total. The normalized spacial score (nSPS) is 14.0. The van der Waals surface area contributed by atoms with Gasteiger partial charge in [0.1, 0.15) is 17.1 Å². The predicted octanol–water partition coefficient (Wildman–Crippen LogP) is 1.39. The highest BCUT2D eigenvalue weighted by molar-refractivity contribution is 5.96. The quantitative estimate of drug-likeness (QED) is 0.874. The molecule has 0 bridgehead atoms. The standard InChI is InChI=1S/C19H19N3O5/c1-27-14-5-2-4-13(12-14)17(23)21-8-10-22(11-9-21)18(24)15-6-3-7-16(20-15)19(25)26/h2-7,12H,8-11H2,1H3,(H,25,26). The third-order valence-electron chi connectivity index (χ3n) is 4.36. The number of rotatable bonds is 4. The zero-order valence-corrected chi connectivity index (χ0v) is 14.8. The van der Waals surface area contributed by atoms with Gasteiger partial charge in [-0.25, -0.2) is 9.78 Å².